The zero-order valence-electron chi connectivity index (χ0n) is 11.0. The van der Waals surface area contributed by atoms with Gasteiger partial charge in [0.1, 0.15) is 18.3 Å². The van der Waals surface area contributed by atoms with Crippen molar-refractivity contribution in [1.82, 2.24) is 14.9 Å². The number of aliphatic imine (C=N–C) groups is 1. The number of hydrogen-bond donors (Lipinski definition) is 4. The molecule has 4 N–H and O–H groups in total. The molecule has 1 fully saturated rings. The summed E-state index contributed by atoms with van der Waals surface area (Å²) in [5.74, 6) is 0.767. The molecule has 1 aromatic rings. The first kappa shape index (κ1) is 13.5. The fourth-order valence-corrected chi connectivity index (χ4v) is 2.58. The molecule has 5 atom stereocenters. The number of aromatic nitrogens is 2. The highest BCUT2D eigenvalue weighted by atomic mass is 16.6. The van der Waals surface area contributed by atoms with E-state index in [0.717, 1.165) is 12.2 Å². The van der Waals surface area contributed by atoms with E-state index in [2.05, 4.69) is 15.3 Å². The average Bonchev–Trinajstić information content (AvgIpc) is 2.92. The van der Waals surface area contributed by atoms with Crippen molar-refractivity contribution in [2.24, 2.45) is 4.99 Å². The third-order valence-electron chi connectivity index (χ3n) is 3.76. The summed E-state index contributed by atoms with van der Waals surface area (Å²) >= 11 is 0. The van der Waals surface area contributed by atoms with Crippen LogP contribution < -0.4 is 5.32 Å². The number of aliphatic hydroxyl groups is 3. The van der Waals surface area contributed by atoms with Gasteiger partial charge in [0.25, 0.3) is 0 Å². The van der Waals surface area contributed by atoms with Crippen molar-refractivity contribution in [2.75, 3.05) is 13.2 Å². The minimum atomic E-state index is -1.13. The van der Waals surface area contributed by atoms with E-state index in [4.69, 9.17) is 9.84 Å². The van der Waals surface area contributed by atoms with Gasteiger partial charge in [-0.15, -0.1) is 0 Å². The van der Waals surface area contributed by atoms with Gasteiger partial charge >= 0.3 is 0 Å². The third-order valence-corrected chi connectivity index (χ3v) is 3.76. The maximum absolute atomic E-state index is 10.1. The Balaban J connectivity index is 1.96. The van der Waals surface area contributed by atoms with Gasteiger partial charge in [0.2, 0.25) is 0 Å². The van der Waals surface area contributed by atoms with Crippen molar-refractivity contribution in [1.29, 1.82) is 0 Å². The molecule has 0 saturated carbocycles. The third kappa shape index (κ3) is 2.01. The van der Waals surface area contributed by atoms with E-state index in [1.165, 1.54) is 0 Å². The fraction of sp³-hybridized carbons (Fsp3) is 0.667. The summed E-state index contributed by atoms with van der Waals surface area (Å²) in [7, 11) is 0. The average molecular weight is 282 g/mol. The van der Waals surface area contributed by atoms with Crippen LogP contribution >= 0.6 is 0 Å². The van der Waals surface area contributed by atoms with Crippen molar-refractivity contribution in [3.05, 3.63) is 12.0 Å². The molecule has 1 saturated heterocycles. The lowest BCUT2D eigenvalue weighted by atomic mass is 10.1. The molecule has 3 unspecified atom stereocenters. The van der Waals surface area contributed by atoms with Crippen LogP contribution in [0.4, 0.5) is 5.82 Å². The number of ether oxygens (including phenoxy) is 1. The lowest BCUT2D eigenvalue weighted by Gasteiger charge is -2.17. The van der Waals surface area contributed by atoms with E-state index in [0.29, 0.717) is 5.82 Å². The van der Waals surface area contributed by atoms with Crippen LogP contribution in [0.1, 0.15) is 24.8 Å². The predicted molar refractivity (Wildman–Crippen MR) is 69.8 cm³/mol. The summed E-state index contributed by atoms with van der Waals surface area (Å²) in [6, 6.07) is 0. The molecule has 3 rings (SSSR count). The SMILES string of the molecule is CC1CNC=Nc2c1ncn2[C@@H]1O[C@H](CO)C(O)C1O. The van der Waals surface area contributed by atoms with Crippen LogP contribution in [-0.2, 0) is 4.74 Å². The lowest BCUT2D eigenvalue weighted by Crippen LogP contribution is -2.33. The molecular weight excluding hydrogens is 264 g/mol. The molecule has 1 aromatic heterocycles. The second-order valence-electron chi connectivity index (χ2n) is 5.16. The van der Waals surface area contributed by atoms with Crippen molar-refractivity contribution in [3.63, 3.8) is 0 Å². The van der Waals surface area contributed by atoms with Crippen LogP contribution in [0.3, 0.4) is 0 Å². The van der Waals surface area contributed by atoms with Crippen LogP contribution in [0, 0.1) is 0 Å². The first-order valence-electron chi connectivity index (χ1n) is 6.58. The normalized spacial score (nSPS) is 36.5. The molecule has 0 aliphatic carbocycles. The van der Waals surface area contributed by atoms with Gasteiger partial charge in [0, 0.05) is 12.5 Å². The maximum Gasteiger partial charge on any atom is 0.165 e. The summed E-state index contributed by atoms with van der Waals surface area (Å²) in [5.41, 5.74) is 0.809. The quantitative estimate of drug-likeness (QED) is 0.545. The number of hydrogen-bond acceptors (Lipinski definition) is 7. The van der Waals surface area contributed by atoms with Gasteiger partial charge < -0.3 is 25.4 Å². The maximum atomic E-state index is 10.1. The van der Waals surface area contributed by atoms with Gasteiger partial charge in [-0.05, 0) is 0 Å². The summed E-state index contributed by atoms with van der Waals surface area (Å²) in [6.07, 6.45) is -0.744. The first-order chi connectivity index (χ1) is 9.63. The Labute approximate surface area is 115 Å². The van der Waals surface area contributed by atoms with Gasteiger partial charge in [-0.3, -0.25) is 4.57 Å². The number of nitrogens with zero attached hydrogens (tertiary/aromatic N) is 3. The van der Waals surface area contributed by atoms with Gasteiger partial charge in [-0.2, -0.15) is 0 Å². The minimum Gasteiger partial charge on any atom is -0.394 e. The Morgan fingerprint density at radius 3 is 2.95 bits per heavy atom. The predicted octanol–water partition coefficient (Wildman–Crippen LogP) is -1.14. The van der Waals surface area contributed by atoms with Crippen LogP contribution in [0.25, 0.3) is 0 Å². The lowest BCUT2D eigenvalue weighted by molar-refractivity contribution is -0.0520. The molecule has 0 amide bonds. The van der Waals surface area contributed by atoms with Crippen LogP contribution in [0.5, 0.6) is 0 Å². The Morgan fingerprint density at radius 1 is 1.45 bits per heavy atom. The zero-order valence-corrected chi connectivity index (χ0v) is 11.0. The second-order valence-corrected chi connectivity index (χ2v) is 5.16. The number of rotatable bonds is 2. The van der Waals surface area contributed by atoms with E-state index in [1.54, 1.807) is 17.2 Å². The molecular formula is C12H18N4O4. The number of aliphatic hydroxyl groups excluding tert-OH is 3. The van der Waals surface area contributed by atoms with Crippen molar-refractivity contribution in [3.8, 4) is 0 Å². The summed E-state index contributed by atoms with van der Waals surface area (Å²) in [6.45, 7) is 2.39. The van der Waals surface area contributed by atoms with Crippen LogP contribution in [0.2, 0.25) is 0 Å². The summed E-state index contributed by atoms with van der Waals surface area (Å²) in [5, 5.41) is 32.1. The molecule has 3 heterocycles. The number of nitrogens with one attached hydrogen (secondary N) is 1. The Kier molecular flexibility index (Phi) is 3.47. The molecule has 0 aromatic carbocycles. The van der Waals surface area contributed by atoms with Crippen molar-refractivity contribution < 1.29 is 20.1 Å². The zero-order chi connectivity index (χ0) is 14.3. The molecule has 0 spiro atoms. The number of fused-ring (bicyclic) bond motifs is 1. The molecule has 8 heteroatoms. The minimum absolute atomic E-state index is 0.172. The molecule has 20 heavy (non-hydrogen) atoms. The van der Waals surface area contributed by atoms with Crippen LogP contribution in [-0.4, -0.2) is 62.7 Å². The van der Waals surface area contributed by atoms with Gasteiger partial charge in [-0.1, -0.05) is 6.92 Å². The van der Waals surface area contributed by atoms with E-state index in [1.807, 2.05) is 6.92 Å². The van der Waals surface area contributed by atoms with Crippen LogP contribution in [0.15, 0.2) is 11.3 Å². The molecule has 0 radical (unpaired) electrons. The van der Waals surface area contributed by atoms with Gasteiger partial charge in [-0.25, -0.2) is 9.98 Å². The number of imidazole rings is 1. The fourth-order valence-electron chi connectivity index (χ4n) is 2.58. The Morgan fingerprint density at radius 2 is 2.25 bits per heavy atom. The van der Waals surface area contributed by atoms with E-state index in [9.17, 15) is 10.2 Å². The van der Waals surface area contributed by atoms with E-state index in [-0.39, 0.29) is 12.5 Å². The van der Waals surface area contributed by atoms with Crippen molar-refractivity contribution >= 4 is 12.2 Å². The molecule has 2 aliphatic heterocycles. The Bertz CT molecular complexity index is 518. The molecule has 8 nitrogen and oxygen atoms in total. The van der Waals surface area contributed by atoms with Gasteiger partial charge in [0.15, 0.2) is 12.0 Å². The molecule has 2 aliphatic rings. The highest BCUT2D eigenvalue weighted by Crippen LogP contribution is 2.35. The van der Waals surface area contributed by atoms with Crippen molar-refractivity contribution in [2.45, 2.75) is 37.4 Å². The monoisotopic (exact) mass is 282 g/mol. The summed E-state index contributed by atoms with van der Waals surface area (Å²) in [4.78, 5) is 8.61. The largest absolute Gasteiger partial charge is 0.394 e. The molecule has 0 bridgehead atoms. The topological polar surface area (TPSA) is 112 Å². The second kappa shape index (κ2) is 5.13. The first-order valence-corrected chi connectivity index (χ1v) is 6.58. The highest BCUT2D eigenvalue weighted by molar-refractivity contribution is 5.62. The molecule has 110 valence electrons. The standard InChI is InChI=1S/C12H18N4O4/c1-6-2-13-4-14-11-8(6)15-5-16(11)12-10(19)9(18)7(3-17)20-12/h4-7,9-10,12,17-19H,2-3H2,1H3,(H,13,14)/t6?,7-,9?,10?,12-/m1/s1. The highest BCUT2D eigenvalue weighted by Gasteiger charge is 2.44. The Hall–Kier alpha value is -1.48. The van der Waals surface area contributed by atoms with Gasteiger partial charge in [0.05, 0.1) is 25.0 Å². The summed E-state index contributed by atoms with van der Waals surface area (Å²) < 4.78 is 7.10. The smallest absolute Gasteiger partial charge is 0.165 e. The van der Waals surface area contributed by atoms with E-state index < -0.39 is 24.5 Å². The van der Waals surface area contributed by atoms with E-state index >= 15 is 0 Å².